The fourth-order valence-corrected chi connectivity index (χ4v) is 4.69. The van der Waals surface area contributed by atoms with Crippen molar-refractivity contribution in [3.63, 3.8) is 0 Å². The molecule has 2 aliphatic carbocycles. The summed E-state index contributed by atoms with van der Waals surface area (Å²) in [5, 5.41) is 9.42. The second kappa shape index (κ2) is 3.19. The van der Waals surface area contributed by atoms with Gasteiger partial charge in [0, 0.05) is 5.41 Å². The lowest BCUT2D eigenvalue weighted by Crippen LogP contribution is -2.38. The number of allylic oxidation sites excluding steroid dienone is 2. The van der Waals surface area contributed by atoms with Gasteiger partial charge in [-0.05, 0) is 12.3 Å². The molecule has 3 aliphatic rings. The third-order valence-electron chi connectivity index (χ3n) is 4.15. The van der Waals surface area contributed by atoms with E-state index in [2.05, 4.69) is 0 Å². The van der Waals surface area contributed by atoms with Crippen molar-refractivity contribution in [2.75, 3.05) is 5.75 Å². The molecule has 2 amide bonds. The number of hydroxylamine groups is 2. The highest BCUT2D eigenvalue weighted by molar-refractivity contribution is 7.85. The fraction of sp³-hybridized carbons (Fsp3) is 0.600. The van der Waals surface area contributed by atoms with Gasteiger partial charge in [-0.15, -0.1) is 0 Å². The van der Waals surface area contributed by atoms with Gasteiger partial charge in [-0.25, -0.2) is 0 Å². The molecule has 4 unspecified atom stereocenters. The summed E-state index contributed by atoms with van der Waals surface area (Å²) < 4.78 is 31.2. The Kier molecular flexibility index (Phi) is 2.10. The summed E-state index contributed by atoms with van der Waals surface area (Å²) in [7, 11) is -4.26. The molecule has 0 radical (unpaired) electrons. The van der Waals surface area contributed by atoms with E-state index in [1.165, 1.54) is 0 Å². The summed E-state index contributed by atoms with van der Waals surface area (Å²) >= 11 is 0. The van der Waals surface area contributed by atoms with Crippen LogP contribution in [0.15, 0.2) is 12.2 Å². The number of hydrogen-bond acceptors (Lipinski definition) is 5. The van der Waals surface area contributed by atoms with Gasteiger partial charge in [-0.1, -0.05) is 12.2 Å². The number of amides is 2. The number of imide groups is 1. The Morgan fingerprint density at radius 3 is 2.67 bits per heavy atom. The molecule has 8 heteroatoms. The third-order valence-corrected chi connectivity index (χ3v) is 5.05. The van der Waals surface area contributed by atoms with Crippen LogP contribution in [0.3, 0.4) is 0 Å². The zero-order valence-electron chi connectivity index (χ0n) is 9.18. The molecule has 1 heterocycles. The zero-order chi connectivity index (χ0) is 13.3. The first-order valence-corrected chi connectivity index (χ1v) is 7.07. The molecule has 1 saturated carbocycles. The van der Waals surface area contributed by atoms with Crippen LogP contribution >= 0.6 is 0 Å². The molecule has 0 spiro atoms. The molecule has 3 rings (SSSR count). The van der Waals surface area contributed by atoms with E-state index in [0.717, 1.165) is 0 Å². The summed E-state index contributed by atoms with van der Waals surface area (Å²) in [5.41, 5.74) is -1.06. The minimum atomic E-state index is -4.26. The van der Waals surface area contributed by atoms with Crippen molar-refractivity contribution in [1.29, 1.82) is 0 Å². The molecule has 7 nitrogen and oxygen atoms in total. The van der Waals surface area contributed by atoms with Crippen LogP contribution in [0.1, 0.15) is 6.42 Å². The first-order chi connectivity index (χ1) is 8.25. The van der Waals surface area contributed by atoms with Crippen LogP contribution in [0.5, 0.6) is 0 Å². The van der Waals surface area contributed by atoms with E-state index in [0.29, 0.717) is 6.42 Å². The van der Waals surface area contributed by atoms with E-state index in [4.69, 9.17) is 4.55 Å². The standard InChI is InChI=1S/C10H11NO6S/c12-8-6-5-1-2-10(3-5,4-18(15,16)17)7(6)9(13)11(8)14/h1-2,5-7,14H,3-4H2,(H,15,16,17). The summed E-state index contributed by atoms with van der Waals surface area (Å²) in [6.45, 7) is 0. The second-order valence-corrected chi connectivity index (χ2v) is 6.63. The van der Waals surface area contributed by atoms with Gasteiger partial charge in [-0.3, -0.25) is 19.3 Å². The van der Waals surface area contributed by atoms with Crippen LogP contribution in [0.4, 0.5) is 0 Å². The van der Waals surface area contributed by atoms with Crippen molar-refractivity contribution in [2.45, 2.75) is 6.42 Å². The molecule has 1 aliphatic heterocycles. The maximum absolute atomic E-state index is 11.8. The average molecular weight is 273 g/mol. The summed E-state index contributed by atoms with van der Waals surface area (Å²) in [5.74, 6) is -3.88. The van der Waals surface area contributed by atoms with Crippen LogP contribution in [0.2, 0.25) is 0 Å². The number of nitrogens with zero attached hydrogens (tertiary/aromatic N) is 1. The minimum Gasteiger partial charge on any atom is -0.286 e. The zero-order valence-corrected chi connectivity index (χ0v) is 10.0. The molecule has 0 aromatic rings. The Bertz CT molecular complexity index is 581. The van der Waals surface area contributed by atoms with E-state index < -0.39 is 44.9 Å². The molecular formula is C10H11NO6S. The van der Waals surface area contributed by atoms with Crippen LogP contribution in [-0.4, -0.2) is 40.8 Å². The molecule has 1 saturated heterocycles. The van der Waals surface area contributed by atoms with Crippen molar-refractivity contribution in [3.8, 4) is 0 Å². The van der Waals surface area contributed by atoms with Gasteiger partial charge in [0.2, 0.25) is 0 Å². The Hall–Kier alpha value is -1.25. The van der Waals surface area contributed by atoms with Crippen molar-refractivity contribution in [1.82, 2.24) is 5.06 Å². The van der Waals surface area contributed by atoms with Gasteiger partial charge < -0.3 is 0 Å². The number of hydrogen-bond donors (Lipinski definition) is 2. The molecule has 98 valence electrons. The van der Waals surface area contributed by atoms with Crippen LogP contribution < -0.4 is 0 Å². The van der Waals surface area contributed by atoms with Crippen LogP contribution in [-0.2, 0) is 19.7 Å². The van der Waals surface area contributed by atoms with Gasteiger partial charge in [0.15, 0.2) is 0 Å². The predicted molar refractivity (Wildman–Crippen MR) is 56.7 cm³/mol. The van der Waals surface area contributed by atoms with Crippen molar-refractivity contribution in [3.05, 3.63) is 12.2 Å². The lowest BCUT2D eigenvalue weighted by Gasteiger charge is -2.28. The number of rotatable bonds is 2. The topological polar surface area (TPSA) is 112 Å². The molecule has 18 heavy (non-hydrogen) atoms. The first kappa shape index (κ1) is 11.8. The molecule has 2 bridgehead atoms. The largest absolute Gasteiger partial charge is 0.286 e. The lowest BCUT2D eigenvalue weighted by molar-refractivity contribution is -0.174. The highest BCUT2D eigenvalue weighted by atomic mass is 32.2. The molecule has 2 fully saturated rings. The number of carbonyl (C=O) groups excluding carboxylic acids is 2. The van der Waals surface area contributed by atoms with Crippen molar-refractivity contribution in [2.24, 2.45) is 23.2 Å². The van der Waals surface area contributed by atoms with Gasteiger partial charge in [0.1, 0.15) is 0 Å². The summed E-state index contributed by atoms with van der Waals surface area (Å²) in [6, 6.07) is 0. The van der Waals surface area contributed by atoms with Crippen LogP contribution in [0.25, 0.3) is 0 Å². The molecule has 2 N–H and O–H groups in total. The smallest absolute Gasteiger partial charge is 0.265 e. The maximum Gasteiger partial charge on any atom is 0.265 e. The van der Waals surface area contributed by atoms with E-state index in [9.17, 15) is 23.2 Å². The predicted octanol–water partition coefficient (Wildman–Crippen LogP) is -0.559. The quantitative estimate of drug-likeness (QED) is 0.302. The maximum atomic E-state index is 11.8. The second-order valence-electron chi connectivity index (χ2n) is 5.18. The van der Waals surface area contributed by atoms with E-state index in [1.807, 2.05) is 0 Å². The first-order valence-electron chi connectivity index (χ1n) is 5.46. The van der Waals surface area contributed by atoms with Gasteiger partial charge in [0.05, 0.1) is 17.6 Å². The summed E-state index contributed by atoms with van der Waals surface area (Å²) in [4.78, 5) is 23.5. The Balaban J connectivity index is 2.06. The highest BCUT2D eigenvalue weighted by Gasteiger charge is 2.66. The SMILES string of the molecule is O=C1C2C3C=CC(CS(=O)(=O)O)(C3)C2C(=O)N1O. The highest BCUT2D eigenvalue weighted by Crippen LogP contribution is 2.60. The molecule has 0 aromatic heterocycles. The Morgan fingerprint density at radius 1 is 1.39 bits per heavy atom. The van der Waals surface area contributed by atoms with Crippen molar-refractivity contribution < 1.29 is 27.8 Å². The summed E-state index contributed by atoms with van der Waals surface area (Å²) in [6.07, 6.45) is 3.61. The Labute approximate surface area is 103 Å². The van der Waals surface area contributed by atoms with E-state index >= 15 is 0 Å². The average Bonchev–Trinajstić information content (AvgIpc) is 2.83. The minimum absolute atomic E-state index is 0.0766. The van der Waals surface area contributed by atoms with Crippen LogP contribution in [0, 0.1) is 23.2 Å². The van der Waals surface area contributed by atoms with Crippen molar-refractivity contribution >= 4 is 21.9 Å². The lowest BCUT2D eigenvalue weighted by atomic mass is 9.76. The third kappa shape index (κ3) is 1.33. The van der Waals surface area contributed by atoms with E-state index in [1.54, 1.807) is 12.2 Å². The van der Waals surface area contributed by atoms with Gasteiger partial charge in [0.25, 0.3) is 21.9 Å². The van der Waals surface area contributed by atoms with E-state index in [-0.39, 0.29) is 11.0 Å². The number of fused-ring (bicyclic) bond motifs is 5. The monoisotopic (exact) mass is 273 g/mol. The Morgan fingerprint density at radius 2 is 2.06 bits per heavy atom. The molecule has 0 aromatic carbocycles. The molecular weight excluding hydrogens is 262 g/mol. The number of carbonyl (C=O) groups is 2. The normalized spacial score (nSPS) is 41.9. The molecule has 4 atom stereocenters. The van der Waals surface area contributed by atoms with Gasteiger partial charge >= 0.3 is 0 Å². The van der Waals surface area contributed by atoms with Gasteiger partial charge in [-0.2, -0.15) is 13.5 Å². The fourth-order valence-electron chi connectivity index (χ4n) is 3.62.